The number of ether oxygens (including phenoxy) is 1. The second kappa shape index (κ2) is 2.89. The average Bonchev–Trinajstić information content (AvgIpc) is 2.68. The molecule has 2 fully saturated rings. The fourth-order valence-corrected chi connectivity index (χ4v) is 2.35. The van der Waals surface area contributed by atoms with Crippen molar-refractivity contribution in [2.75, 3.05) is 7.11 Å². The van der Waals surface area contributed by atoms with E-state index in [4.69, 9.17) is 10.5 Å². The molecule has 2 aliphatic carbocycles. The summed E-state index contributed by atoms with van der Waals surface area (Å²) in [5, 5.41) is 0. The molecule has 2 rings (SSSR count). The van der Waals surface area contributed by atoms with Crippen LogP contribution in [0.15, 0.2) is 0 Å². The minimum Gasteiger partial charge on any atom is -0.469 e. The van der Waals surface area contributed by atoms with Crippen molar-refractivity contribution < 1.29 is 9.53 Å². The van der Waals surface area contributed by atoms with Crippen molar-refractivity contribution in [3.8, 4) is 0 Å². The predicted octanol–water partition coefficient (Wildman–Crippen LogP) is 0.709. The summed E-state index contributed by atoms with van der Waals surface area (Å²) in [7, 11) is 1.45. The van der Waals surface area contributed by atoms with E-state index in [9.17, 15) is 4.79 Å². The first-order valence-electron chi connectivity index (χ1n) is 4.05. The molecule has 2 aliphatic rings. The maximum Gasteiger partial charge on any atom is 0.312 e. The standard InChI is InChI=1S/C8H13NO2.ClH/c1-11-7(10)8-3-2-6(9)5(8)4-8;/h5-6H,2-4,9H2,1H3;1H. The maximum absolute atomic E-state index is 11.2. The van der Waals surface area contributed by atoms with E-state index >= 15 is 0 Å². The zero-order valence-corrected chi connectivity index (χ0v) is 7.89. The molecule has 3 unspecified atom stereocenters. The zero-order chi connectivity index (χ0) is 8.06. The molecule has 70 valence electrons. The first-order chi connectivity index (χ1) is 5.20. The highest BCUT2D eigenvalue weighted by Crippen LogP contribution is 2.63. The first kappa shape index (κ1) is 9.81. The number of methoxy groups -OCH3 is 1. The number of carbonyl (C=O) groups excluding carboxylic acids is 1. The fraction of sp³-hybridized carbons (Fsp3) is 0.875. The summed E-state index contributed by atoms with van der Waals surface area (Å²) < 4.78 is 4.73. The van der Waals surface area contributed by atoms with Gasteiger partial charge in [0.15, 0.2) is 0 Å². The Morgan fingerprint density at radius 3 is 2.67 bits per heavy atom. The highest BCUT2D eigenvalue weighted by molar-refractivity contribution is 5.85. The van der Waals surface area contributed by atoms with Crippen LogP contribution in [0.25, 0.3) is 0 Å². The second-order valence-corrected chi connectivity index (χ2v) is 3.66. The van der Waals surface area contributed by atoms with Gasteiger partial charge in [-0.15, -0.1) is 12.4 Å². The Morgan fingerprint density at radius 1 is 1.67 bits per heavy atom. The van der Waals surface area contributed by atoms with Gasteiger partial charge in [-0.1, -0.05) is 0 Å². The minimum absolute atomic E-state index is 0. The molecule has 0 aromatic heterocycles. The van der Waals surface area contributed by atoms with Gasteiger partial charge >= 0.3 is 5.97 Å². The van der Waals surface area contributed by atoms with Crippen LogP contribution in [0.3, 0.4) is 0 Å². The molecule has 2 N–H and O–H groups in total. The van der Waals surface area contributed by atoms with Crippen molar-refractivity contribution in [3.63, 3.8) is 0 Å². The fourth-order valence-electron chi connectivity index (χ4n) is 2.35. The first-order valence-corrected chi connectivity index (χ1v) is 4.05. The van der Waals surface area contributed by atoms with Crippen molar-refractivity contribution in [1.29, 1.82) is 0 Å². The van der Waals surface area contributed by atoms with E-state index in [1.165, 1.54) is 7.11 Å². The molecule has 0 saturated heterocycles. The predicted molar refractivity (Wildman–Crippen MR) is 47.0 cm³/mol. The summed E-state index contributed by atoms with van der Waals surface area (Å²) in [5.74, 6) is 0.380. The third-order valence-electron chi connectivity index (χ3n) is 3.17. The molecule has 4 heteroatoms. The number of nitrogens with two attached hydrogens (primary N) is 1. The lowest BCUT2D eigenvalue weighted by atomic mass is 10.1. The number of rotatable bonds is 1. The molecule has 0 aliphatic heterocycles. The molecule has 2 saturated carbocycles. The van der Waals surface area contributed by atoms with Crippen molar-refractivity contribution >= 4 is 18.4 Å². The number of hydrogen-bond acceptors (Lipinski definition) is 3. The summed E-state index contributed by atoms with van der Waals surface area (Å²) in [4.78, 5) is 11.2. The largest absolute Gasteiger partial charge is 0.469 e. The second-order valence-electron chi connectivity index (χ2n) is 3.66. The highest BCUT2D eigenvalue weighted by Gasteiger charge is 2.66. The Hall–Kier alpha value is -0.280. The van der Waals surface area contributed by atoms with E-state index in [2.05, 4.69) is 0 Å². The number of halogens is 1. The van der Waals surface area contributed by atoms with E-state index in [-0.39, 0.29) is 29.8 Å². The van der Waals surface area contributed by atoms with Gasteiger partial charge in [0, 0.05) is 6.04 Å². The van der Waals surface area contributed by atoms with Gasteiger partial charge in [0.25, 0.3) is 0 Å². The Kier molecular flexibility index (Phi) is 2.36. The summed E-state index contributed by atoms with van der Waals surface area (Å²) in [6.45, 7) is 0. The van der Waals surface area contributed by atoms with Crippen molar-refractivity contribution in [1.82, 2.24) is 0 Å². The molecule has 0 amide bonds. The van der Waals surface area contributed by atoms with Crippen molar-refractivity contribution in [3.05, 3.63) is 0 Å². The van der Waals surface area contributed by atoms with Crippen LogP contribution in [-0.4, -0.2) is 19.1 Å². The minimum atomic E-state index is -0.145. The van der Waals surface area contributed by atoms with E-state index < -0.39 is 0 Å². The van der Waals surface area contributed by atoms with Crippen LogP contribution in [-0.2, 0) is 9.53 Å². The lowest BCUT2D eigenvalue weighted by Crippen LogP contribution is -2.20. The maximum atomic E-state index is 11.2. The van der Waals surface area contributed by atoms with Gasteiger partial charge in [-0.2, -0.15) is 0 Å². The van der Waals surface area contributed by atoms with Crippen LogP contribution in [0.4, 0.5) is 0 Å². The summed E-state index contributed by atoms with van der Waals surface area (Å²) in [6, 6.07) is 0.245. The molecule has 0 spiro atoms. The van der Waals surface area contributed by atoms with Gasteiger partial charge in [-0.25, -0.2) is 0 Å². The molecular weight excluding hydrogens is 178 g/mol. The molecule has 3 nitrogen and oxygen atoms in total. The molecular formula is C8H14ClNO2. The van der Waals surface area contributed by atoms with Gasteiger partial charge < -0.3 is 10.5 Å². The number of carbonyl (C=O) groups is 1. The van der Waals surface area contributed by atoms with Gasteiger partial charge in [-0.05, 0) is 25.2 Å². The molecule has 0 aromatic rings. The van der Waals surface area contributed by atoms with Crippen LogP contribution in [0.1, 0.15) is 19.3 Å². The molecule has 0 heterocycles. The van der Waals surface area contributed by atoms with E-state index in [0.29, 0.717) is 5.92 Å². The monoisotopic (exact) mass is 191 g/mol. The smallest absolute Gasteiger partial charge is 0.312 e. The number of fused-ring (bicyclic) bond motifs is 1. The quantitative estimate of drug-likeness (QED) is 0.622. The molecule has 0 radical (unpaired) electrons. The van der Waals surface area contributed by atoms with Crippen molar-refractivity contribution in [2.24, 2.45) is 17.1 Å². The van der Waals surface area contributed by atoms with E-state index in [1.807, 2.05) is 0 Å². The number of esters is 1. The number of hydrogen-bond donors (Lipinski definition) is 1. The van der Waals surface area contributed by atoms with Gasteiger partial charge in [0.2, 0.25) is 0 Å². The van der Waals surface area contributed by atoms with Gasteiger partial charge in [0.05, 0.1) is 12.5 Å². The van der Waals surface area contributed by atoms with E-state index in [0.717, 1.165) is 19.3 Å². The third kappa shape index (κ3) is 1.04. The third-order valence-corrected chi connectivity index (χ3v) is 3.17. The molecule has 3 atom stereocenters. The summed E-state index contributed by atoms with van der Waals surface area (Å²) >= 11 is 0. The topological polar surface area (TPSA) is 52.3 Å². The zero-order valence-electron chi connectivity index (χ0n) is 7.08. The van der Waals surface area contributed by atoms with Crippen LogP contribution in [0, 0.1) is 11.3 Å². The summed E-state index contributed by atoms with van der Waals surface area (Å²) in [5.41, 5.74) is 5.65. The Labute approximate surface area is 78.1 Å². The lowest BCUT2D eigenvalue weighted by Gasteiger charge is -2.06. The molecule has 12 heavy (non-hydrogen) atoms. The molecule has 0 bridgehead atoms. The van der Waals surface area contributed by atoms with Crippen LogP contribution >= 0.6 is 12.4 Å². The van der Waals surface area contributed by atoms with Crippen molar-refractivity contribution in [2.45, 2.75) is 25.3 Å². The Morgan fingerprint density at radius 2 is 2.33 bits per heavy atom. The summed E-state index contributed by atoms with van der Waals surface area (Å²) in [6.07, 6.45) is 2.88. The SMILES string of the molecule is COC(=O)C12CCC(N)C1C2.Cl. The Bertz CT molecular complexity index is 209. The molecule has 0 aromatic carbocycles. The van der Waals surface area contributed by atoms with Crippen LogP contribution in [0.2, 0.25) is 0 Å². The van der Waals surface area contributed by atoms with Gasteiger partial charge in [0.1, 0.15) is 0 Å². The lowest BCUT2D eigenvalue weighted by molar-refractivity contribution is -0.147. The normalized spacial score (nSPS) is 42.8. The average molecular weight is 192 g/mol. The van der Waals surface area contributed by atoms with E-state index in [1.54, 1.807) is 0 Å². The van der Waals surface area contributed by atoms with Gasteiger partial charge in [-0.3, -0.25) is 4.79 Å². The Balaban J connectivity index is 0.000000720. The van der Waals surface area contributed by atoms with Crippen LogP contribution in [0.5, 0.6) is 0 Å². The van der Waals surface area contributed by atoms with Crippen LogP contribution < -0.4 is 5.73 Å². The highest BCUT2D eigenvalue weighted by atomic mass is 35.5.